The minimum atomic E-state index is -0.314. The Kier molecular flexibility index (Phi) is 2.95. The van der Waals surface area contributed by atoms with Crippen molar-refractivity contribution >= 4 is 5.97 Å². The lowest BCUT2D eigenvalue weighted by molar-refractivity contribution is 0.0600. The number of rotatable bonds is 2. The number of hydrogen-bond acceptors (Lipinski definition) is 3. The Morgan fingerprint density at radius 1 is 1.21 bits per heavy atom. The van der Waals surface area contributed by atoms with Crippen LogP contribution >= 0.6 is 0 Å². The summed E-state index contributed by atoms with van der Waals surface area (Å²) in [6.45, 7) is 0. The van der Waals surface area contributed by atoms with E-state index in [9.17, 15) is 4.79 Å². The van der Waals surface area contributed by atoms with E-state index in [0.29, 0.717) is 5.56 Å². The minimum Gasteiger partial charge on any atom is -0.485 e. The van der Waals surface area contributed by atoms with E-state index < -0.39 is 0 Å². The average Bonchev–Trinajstić information content (AvgIpc) is 2.90. The van der Waals surface area contributed by atoms with E-state index in [0.717, 1.165) is 23.3 Å². The van der Waals surface area contributed by atoms with Crippen LogP contribution in [0.2, 0.25) is 0 Å². The lowest BCUT2D eigenvalue weighted by Crippen LogP contribution is -2.02. The van der Waals surface area contributed by atoms with E-state index >= 15 is 0 Å². The summed E-state index contributed by atoms with van der Waals surface area (Å²) >= 11 is 0. The summed E-state index contributed by atoms with van der Waals surface area (Å²) in [5, 5.41) is 0. The molecule has 0 bridgehead atoms. The molecule has 2 aromatic rings. The number of fused-ring (bicyclic) bond motifs is 1. The molecule has 0 saturated carbocycles. The Hall–Kier alpha value is -2.29. The fraction of sp³-hybridized carbons (Fsp3) is 0.188. The Morgan fingerprint density at radius 3 is 2.74 bits per heavy atom. The van der Waals surface area contributed by atoms with E-state index in [1.165, 1.54) is 7.11 Å². The fourth-order valence-electron chi connectivity index (χ4n) is 2.35. The number of hydrogen-bond donors (Lipinski definition) is 0. The first-order valence-corrected chi connectivity index (χ1v) is 6.21. The maximum Gasteiger partial charge on any atom is 0.337 e. The first kappa shape index (κ1) is 11.8. The molecule has 1 aliphatic rings. The van der Waals surface area contributed by atoms with Gasteiger partial charge in [-0.1, -0.05) is 30.3 Å². The summed E-state index contributed by atoms with van der Waals surface area (Å²) in [7, 11) is 1.39. The SMILES string of the molecule is COC(=O)c1ccc2c(c1)CC(c1ccccc1)O2. The molecular weight excluding hydrogens is 240 g/mol. The number of methoxy groups -OCH3 is 1. The summed E-state index contributed by atoms with van der Waals surface area (Å²) in [6, 6.07) is 15.5. The zero-order valence-electron chi connectivity index (χ0n) is 10.6. The minimum absolute atomic E-state index is 0.0316. The maximum atomic E-state index is 11.5. The molecule has 0 radical (unpaired) electrons. The van der Waals surface area contributed by atoms with Crippen LogP contribution in [0.15, 0.2) is 48.5 Å². The second-order valence-electron chi connectivity index (χ2n) is 4.54. The molecule has 0 saturated heterocycles. The summed E-state index contributed by atoms with van der Waals surface area (Å²) in [4.78, 5) is 11.5. The van der Waals surface area contributed by atoms with Crippen molar-refractivity contribution in [1.29, 1.82) is 0 Å². The highest BCUT2D eigenvalue weighted by Gasteiger charge is 2.25. The average molecular weight is 254 g/mol. The van der Waals surface area contributed by atoms with Gasteiger partial charge in [0.15, 0.2) is 0 Å². The van der Waals surface area contributed by atoms with Gasteiger partial charge >= 0.3 is 5.97 Å². The van der Waals surface area contributed by atoms with Gasteiger partial charge in [-0.3, -0.25) is 0 Å². The van der Waals surface area contributed by atoms with Crippen molar-refractivity contribution < 1.29 is 14.3 Å². The van der Waals surface area contributed by atoms with Crippen molar-refractivity contribution in [3.05, 3.63) is 65.2 Å². The Bertz CT molecular complexity index is 605. The number of benzene rings is 2. The van der Waals surface area contributed by atoms with Gasteiger partial charge in [-0.05, 0) is 29.3 Å². The third-order valence-corrected chi connectivity index (χ3v) is 3.33. The van der Waals surface area contributed by atoms with Gasteiger partial charge in [0.2, 0.25) is 0 Å². The smallest absolute Gasteiger partial charge is 0.337 e. The van der Waals surface area contributed by atoms with Crippen molar-refractivity contribution in [2.24, 2.45) is 0 Å². The normalized spacial score (nSPS) is 16.6. The first-order chi connectivity index (χ1) is 9.28. The monoisotopic (exact) mass is 254 g/mol. The van der Waals surface area contributed by atoms with Crippen LogP contribution in [-0.4, -0.2) is 13.1 Å². The standard InChI is InChI=1S/C16H14O3/c1-18-16(17)12-7-8-14-13(9-12)10-15(19-14)11-5-3-2-4-6-11/h2-9,15H,10H2,1H3. The van der Waals surface area contributed by atoms with E-state index in [4.69, 9.17) is 9.47 Å². The van der Waals surface area contributed by atoms with E-state index in [1.54, 1.807) is 6.07 Å². The zero-order valence-corrected chi connectivity index (χ0v) is 10.6. The molecule has 19 heavy (non-hydrogen) atoms. The molecular formula is C16H14O3. The van der Waals surface area contributed by atoms with Crippen molar-refractivity contribution in [2.45, 2.75) is 12.5 Å². The highest BCUT2D eigenvalue weighted by atomic mass is 16.5. The molecule has 0 aromatic heterocycles. The number of carbonyl (C=O) groups excluding carboxylic acids is 1. The molecule has 2 aromatic carbocycles. The number of carbonyl (C=O) groups is 1. The van der Waals surface area contributed by atoms with E-state index in [1.807, 2.05) is 30.3 Å². The van der Waals surface area contributed by atoms with Crippen LogP contribution in [-0.2, 0) is 11.2 Å². The van der Waals surface area contributed by atoms with Crippen molar-refractivity contribution in [3.63, 3.8) is 0 Å². The van der Waals surface area contributed by atoms with Gasteiger partial charge in [0, 0.05) is 6.42 Å². The second-order valence-corrected chi connectivity index (χ2v) is 4.54. The van der Waals surface area contributed by atoms with Crippen LogP contribution in [0, 0.1) is 0 Å². The molecule has 1 atom stereocenters. The number of ether oxygens (including phenoxy) is 2. The van der Waals surface area contributed by atoms with Crippen LogP contribution < -0.4 is 4.74 Å². The van der Waals surface area contributed by atoms with Crippen LogP contribution in [0.3, 0.4) is 0 Å². The third-order valence-electron chi connectivity index (χ3n) is 3.33. The van der Waals surface area contributed by atoms with Crippen molar-refractivity contribution in [2.75, 3.05) is 7.11 Å². The molecule has 1 heterocycles. The summed E-state index contributed by atoms with van der Waals surface area (Å²) in [5.41, 5.74) is 2.77. The van der Waals surface area contributed by atoms with Crippen LogP contribution in [0.1, 0.15) is 27.6 Å². The van der Waals surface area contributed by atoms with Gasteiger partial charge in [-0.15, -0.1) is 0 Å². The summed E-state index contributed by atoms with van der Waals surface area (Å²) in [6.07, 6.45) is 0.813. The molecule has 3 heteroatoms. The van der Waals surface area contributed by atoms with Crippen LogP contribution in [0.4, 0.5) is 0 Å². The molecule has 1 aliphatic heterocycles. The second kappa shape index (κ2) is 4.76. The van der Waals surface area contributed by atoms with Gasteiger partial charge in [-0.2, -0.15) is 0 Å². The zero-order chi connectivity index (χ0) is 13.2. The summed E-state index contributed by atoms with van der Waals surface area (Å²) < 4.78 is 10.6. The highest BCUT2D eigenvalue weighted by Crippen LogP contribution is 2.37. The number of esters is 1. The Labute approximate surface area is 111 Å². The van der Waals surface area contributed by atoms with E-state index in [-0.39, 0.29) is 12.1 Å². The fourth-order valence-corrected chi connectivity index (χ4v) is 2.35. The van der Waals surface area contributed by atoms with Crippen molar-refractivity contribution in [1.82, 2.24) is 0 Å². The predicted octanol–water partition coefficient (Wildman–Crippen LogP) is 3.15. The van der Waals surface area contributed by atoms with Gasteiger partial charge in [0.05, 0.1) is 12.7 Å². The van der Waals surface area contributed by atoms with Gasteiger partial charge < -0.3 is 9.47 Å². The highest BCUT2D eigenvalue weighted by molar-refractivity contribution is 5.89. The molecule has 0 aliphatic carbocycles. The molecule has 3 nitrogen and oxygen atoms in total. The molecule has 0 amide bonds. The quantitative estimate of drug-likeness (QED) is 0.772. The largest absolute Gasteiger partial charge is 0.485 e. The molecule has 96 valence electrons. The van der Waals surface area contributed by atoms with E-state index in [2.05, 4.69) is 12.1 Å². The molecule has 0 fully saturated rings. The maximum absolute atomic E-state index is 11.5. The van der Waals surface area contributed by atoms with Gasteiger partial charge in [-0.25, -0.2) is 4.79 Å². The van der Waals surface area contributed by atoms with Crippen LogP contribution in [0.5, 0.6) is 5.75 Å². The lowest BCUT2D eigenvalue weighted by atomic mass is 10.0. The van der Waals surface area contributed by atoms with Crippen LogP contribution in [0.25, 0.3) is 0 Å². The Morgan fingerprint density at radius 2 is 2.00 bits per heavy atom. The first-order valence-electron chi connectivity index (χ1n) is 6.21. The van der Waals surface area contributed by atoms with Gasteiger partial charge in [0.25, 0.3) is 0 Å². The topological polar surface area (TPSA) is 35.5 Å². The molecule has 3 rings (SSSR count). The Balaban J connectivity index is 1.86. The van der Waals surface area contributed by atoms with Gasteiger partial charge in [0.1, 0.15) is 11.9 Å². The summed E-state index contributed by atoms with van der Waals surface area (Å²) in [5.74, 6) is 0.535. The molecule has 1 unspecified atom stereocenters. The molecule has 0 spiro atoms. The molecule has 0 N–H and O–H groups in total. The predicted molar refractivity (Wildman–Crippen MR) is 71.3 cm³/mol. The lowest BCUT2D eigenvalue weighted by Gasteiger charge is -2.10. The third kappa shape index (κ3) is 2.19. The van der Waals surface area contributed by atoms with Crippen molar-refractivity contribution in [3.8, 4) is 5.75 Å².